The van der Waals surface area contributed by atoms with Gasteiger partial charge in [-0.15, -0.1) is 11.3 Å². The number of hydrogen-bond donors (Lipinski definition) is 6. The summed E-state index contributed by atoms with van der Waals surface area (Å²) in [6, 6.07) is 7.91. The maximum atomic E-state index is 12.6. The molecule has 3 unspecified atom stereocenters. The van der Waals surface area contributed by atoms with Gasteiger partial charge in [-0.3, -0.25) is 9.59 Å². The Morgan fingerprint density at radius 2 is 1.91 bits per heavy atom. The molecule has 2 heterocycles. The number of ketones is 1. The molecule has 43 heavy (non-hydrogen) atoms. The topological polar surface area (TPSA) is 174 Å². The molecule has 0 amide bonds. The standard InChI is InChI=1S/C31H39ClO10S/c32-26-20-8-5-6-9-23(20)43-24(26)14-13-18(34)12-11-17-15-21(35)27(37)19(17)7-3-1-2-4-10-25(36)42-31-30(40)29(39)28(38)22(16-33)41-31/h1,3,5-6,8-9,11-12,17-19,21-22,28-31,33-35,38-40H,2,4,7,10,13-16H2/t17-,18?,19+,21?,22+,28+,29-,30+,31?/m0/s1. The van der Waals surface area contributed by atoms with Crippen LogP contribution in [0.1, 0.15) is 43.4 Å². The van der Waals surface area contributed by atoms with Crippen LogP contribution in [0.2, 0.25) is 5.02 Å². The van der Waals surface area contributed by atoms with E-state index in [-0.39, 0.29) is 18.1 Å². The molecular formula is C31H39ClO10S. The van der Waals surface area contributed by atoms with Gasteiger partial charge in [-0.05, 0) is 50.5 Å². The number of halogens is 1. The van der Waals surface area contributed by atoms with Gasteiger partial charge in [0.25, 0.3) is 0 Å². The van der Waals surface area contributed by atoms with Crippen LogP contribution in [0.3, 0.4) is 0 Å². The lowest BCUT2D eigenvalue weighted by Crippen LogP contribution is -2.59. The minimum absolute atomic E-state index is 0.00358. The number of unbranched alkanes of at least 4 members (excludes halogenated alkanes) is 1. The summed E-state index contributed by atoms with van der Waals surface area (Å²) < 4.78 is 11.3. The van der Waals surface area contributed by atoms with Gasteiger partial charge < -0.3 is 40.1 Å². The first kappa shape index (κ1) is 33.7. The third kappa shape index (κ3) is 8.50. The highest BCUT2D eigenvalue weighted by atomic mass is 35.5. The molecule has 1 aliphatic heterocycles. The van der Waals surface area contributed by atoms with Gasteiger partial charge in [0, 0.05) is 27.3 Å². The SMILES string of the molecule is O=C(CCCC=CC[C@H]1C(=O)C(O)C[C@@H]1C=CC(O)CCc1sc2ccccc2c1Cl)OC1O[C@H](CO)[C@@H](O)[C@H](O)[C@H]1O. The molecule has 1 aliphatic carbocycles. The largest absolute Gasteiger partial charge is 0.433 e. The van der Waals surface area contributed by atoms with Gasteiger partial charge >= 0.3 is 5.97 Å². The molecule has 9 atom stereocenters. The zero-order valence-corrected chi connectivity index (χ0v) is 25.1. The fourth-order valence-corrected chi connectivity index (χ4v) is 6.99. The molecule has 4 rings (SSSR count). The molecule has 6 N–H and O–H groups in total. The molecule has 1 saturated heterocycles. The van der Waals surface area contributed by atoms with Crippen LogP contribution in [0.25, 0.3) is 10.1 Å². The Morgan fingerprint density at radius 1 is 1.14 bits per heavy atom. The molecule has 12 heteroatoms. The number of rotatable bonds is 13. The normalized spacial score (nSPS) is 30.5. The summed E-state index contributed by atoms with van der Waals surface area (Å²) in [5.74, 6) is -1.52. The third-order valence-electron chi connectivity index (χ3n) is 7.96. The highest BCUT2D eigenvalue weighted by Gasteiger charge is 2.45. The number of aliphatic hydroxyl groups is 6. The molecular weight excluding hydrogens is 600 g/mol. The number of aliphatic hydroxyl groups excluding tert-OH is 6. The number of carbonyl (C=O) groups is 2. The number of esters is 1. The lowest BCUT2D eigenvalue weighted by atomic mass is 9.91. The fourth-order valence-electron chi connectivity index (χ4n) is 5.45. The number of hydrogen-bond acceptors (Lipinski definition) is 11. The maximum absolute atomic E-state index is 12.6. The summed E-state index contributed by atoms with van der Waals surface area (Å²) in [6.45, 7) is -0.621. The summed E-state index contributed by atoms with van der Waals surface area (Å²) in [4.78, 5) is 25.8. The van der Waals surface area contributed by atoms with Crippen molar-refractivity contribution in [1.29, 1.82) is 0 Å². The number of aryl methyl sites for hydroxylation is 1. The van der Waals surface area contributed by atoms with E-state index in [1.54, 1.807) is 17.4 Å². The summed E-state index contributed by atoms with van der Waals surface area (Å²) in [6.07, 6.45) is 0.671. The Morgan fingerprint density at radius 3 is 2.65 bits per heavy atom. The van der Waals surface area contributed by atoms with Crippen molar-refractivity contribution in [2.24, 2.45) is 11.8 Å². The van der Waals surface area contributed by atoms with Crippen LogP contribution in [0, 0.1) is 11.8 Å². The Labute approximate surface area is 258 Å². The van der Waals surface area contributed by atoms with Crippen LogP contribution in [-0.2, 0) is 25.5 Å². The fraction of sp³-hybridized carbons (Fsp3) is 0.548. The van der Waals surface area contributed by atoms with E-state index in [0.717, 1.165) is 20.0 Å². The minimum Gasteiger partial charge on any atom is -0.433 e. The number of carbonyl (C=O) groups excluding carboxylic acids is 2. The lowest BCUT2D eigenvalue weighted by molar-refractivity contribution is -0.292. The van der Waals surface area contributed by atoms with Gasteiger partial charge in [-0.1, -0.05) is 54.1 Å². The Kier molecular flexibility index (Phi) is 12.3. The molecule has 236 valence electrons. The van der Waals surface area contributed by atoms with Crippen LogP contribution in [0.5, 0.6) is 0 Å². The second-order valence-corrected chi connectivity index (χ2v) is 12.6. The van der Waals surface area contributed by atoms with E-state index in [1.807, 2.05) is 42.5 Å². The Balaban J connectivity index is 1.19. The predicted octanol–water partition coefficient (Wildman–Crippen LogP) is 2.43. The van der Waals surface area contributed by atoms with Crippen LogP contribution in [-0.4, -0.2) is 91.9 Å². The highest BCUT2D eigenvalue weighted by molar-refractivity contribution is 7.19. The minimum atomic E-state index is -1.65. The number of thiophene rings is 1. The summed E-state index contributed by atoms with van der Waals surface area (Å²) in [7, 11) is 0. The van der Waals surface area contributed by atoms with E-state index in [0.29, 0.717) is 38.5 Å². The van der Waals surface area contributed by atoms with Crippen molar-refractivity contribution in [3.05, 3.63) is 58.5 Å². The van der Waals surface area contributed by atoms with Crippen molar-refractivity contribution in [3.8, 4) is 0 Å². The smallest absolute Gasteiger partial charge is 0.308 e. The van der Waals surface area contributed by atoms with Gasteiger partial charge in [0.05, 0.1) is 17.7 Å². The van der Waals surface area contributed by atoms with Crippen molar-refractivity contribution >= 4 is 44.8 Å². The molecule has 2 fully saturated rings. The molecule has 2 aliphatic rings. The molecule has 1 aromatic heterocycles. The molecule has 0 spiro atoms. The number of ether oxygens (including phenoxy) is 2. The Bertz CT molecular complexity index is 1290. The number of benzene rings is 1. The van der Waals surface area contributed by atoms with Gasteiger partial charge in [-0.25, -0.2) is 0 Å². The van der Waals surface area contributed by atoms with Crippen LogP contribution < -0.4 is 0 Å². The Hall–Kier alpha value is -2.19. The van der Waals surface area contributed by atoms with Crippen molar-refractivity contribution < 1.29 is 49.7 Å². The van der Waals surface area contributed by atoms with Crippen molar-refractivity contribution in [1.82, 2.24) is 0 Å². The van der Waals surface area contributed by atoms with Gasteiger partial charge in [0.2, 0.25) is 6.29 Å². The van der Waals surface area contributed by atoms with E-state index in [9.17, 15) is 40.2 Å². The van der Waals surface area contributed by atoms with Crippen molar-refractivity contribution in [2.45, 2.75) is 87.9 Å². The van der Waals surface area contributed by atoms with E-state index in [1.165, 1.54) is 0 Å². The lowest BCUT2D eigenvalue weighted by Gasteiger charge is -2.39. The summed E-state index contributed by atoms with van der Waals surface area (Å²) in [5.41, 5.74) is 0. The molecule has 10 nitrogen and oxygen atoms in total. The highest BCUT2D eigenvalue weighted by Crippen LogP contribution is 2.36. The van der Waals surface area contributed by atoms with E-state index >= 15 is 0 Å². The second kappa shape index (κ2) is 15.7. The first-order valence-corrected chi connectivity index (χ1v) is 15.7. The van der Waals surface area contributed by atoms with Gasteiger partial charge in [0.1, 0.15) is 30.5 Å². The predicted molar refractivity (Wildman–Crippen MR) is 160 cm³/mol. The maximum Gasteiger partial charge on any atom is 0.308 e. The zero-order chi connectivity index (χ0) is 31.1. The van der Waals surface area contributed by atoms with E-state index in [2.05, 4.69) is 0 Å². The average molecular weight is 639 g/mol. The number of fused-ring (bicyclic) bond motifs is 1. The van der Waals surface area contributed by atoms with E-state index < -0.39 is 61.4 Å². The molecule has 1 saturated carbocycles. The summed E-state index contributed by atoms with van der Waals surface area (Å²) >= 11 is 8.13. The van der Waals surface area contributed by atoms with Crippen molar-refractivity contribution in [2.75, 3.05) is 6.61 Å². The number of Topliss-reactive ketones (excluding diaryl/α,β-unsaturated/α-hetero) is 1. The second-order valence-electron chi connectivity index (χ2n) is 11.0. The van der Waals surface area contributed by atoms with Crippen molar-refractivity contribution in [3.63, 3.8) is 0 Å². The average Bonchev–Trinajstić information content (AvgIpc) is 3.46. The molecule has 2 aromatic rings. The quantitative estimate of drug-likeness (QED) is 0.109. The van der Waals surface area contributed by atoms with E-state index in [4.69, 9.17) is 21.1 Å². The molecule has 0 bridgehead atoms. The van der Waals surface area contributed by atoms with Crippen LogP contribution >= 0.6 is 22.9 Å². The van der Waals surface area contributed by atoms with Gasteiger partial charge in [0.15, 0.2) is 5.78 Å². The molecule has 1 aromatic carbocycles. The molecule has 0 radical (unpaired) electrons. The van der Waals surface area contributed by atoms with Crippen LogP contribution in [0.4, 0.5) is 0 Å². The first-order chi connectivity index (χ1) is 20.6. The van der Waals surface area contributed by atoms with Gasteiger partial charge in [-0.2, -0.15) is 0 Å². The monoisotopic (exact) mass is 638 g/mol. The zero-order valence-electron chi connectivity index (χ0n) is 23.6. The number of allylic oxidation sites excluding steroid dienone is 3. The van der Waals surface area contributed by atoms with Crippen LogP contribution in [0.15, 0.2) is 48.6 Å². The third-order valence-corrected chi connectivity index (χ3v) is 9.73. The first-order valence-electron chi connectivity index (χ1n) is 14.5. The summed E-state index contributed by atoms with van der Waals surface area (Å²) in [5, 5.41) is 61.3.